The number of fused-ring (bicyclic) bond motifs is 4. The van der Waals surface area contributed by atoms with E-state index in [0.29, 0.717) is 5.92 Å². The summed E-state index contributed by atoms with van der Waals surface area (Å²) < 4.78 is 6.47. The molecule has 0 saturated carbocycles. The number of hydrogen-bond acceptors (Lipinski definition) is 4. The largest absolute Gasteiger partial charge is 0.512 e. The molecule has 2 aromatic heterocycles. The van der Waals surface area contributed by atoms with Crippen molar-refractivity contribution >= 4 is 38.3 Å². The summed E-state index contributed by atoms with van der Waals surface area (Å²) in [7, 11) is 0. The number of aromatic nitrogens is 1. The van der Waals surface area contributed by atoms with Crippen molar-refractivity contribution in [3.63, 3.8) is 0 Å². The third-order valence-electron chi connectivity index (χ3n) is 8.02. The number of hydrogen-bond donors (Lipinski definition) is 1. The molecule has 0 fully saturated rings. The molecule has 7 aromatic rings. The molecule has 1 N–H and O–H groups in total. The number of nitrogens with zero attached hydrogens (tertiary/aromatic N) is 1. The van der Waals surface area contributed by atoms with Crippen LogP contribution in [0.2, 0.25) is 0 Å². The molecule has 47 heavy (non-hydrogen) atoms. The van der Waals surface area contributed by atoms with Gasteiger partial charge in [-0.05, 0) is 71.0 Å². The molecule has 0 aliphatic rings. The summed E-state index contributed by atoms with van der Waals surface area (Å²) in [6.07, 6.45) is 3.10. The normalized spacial score (nSPS) is 11.4. The molecule has 0 spiro atoms. The Kier molecular flexibility index (Phi) is 10.2. The maximum absolute atomic E-state index is 10.0. The molecule has 5 heteroatoms. The number of carbonyl (C=O) groups is 1. The van der Waals surface area contributed by atoms with Crippen LogP contribution in [0.15, 0.2) is 126 Å². The maximum atomic E-state index is 10.0. The quantitative estimate of drug-likeness (QED) is 0.0816. The van der Waals surface area contributed by atoms with Crippen molar-refractivity contribution in [1.82, 2.24) is 4.98 Å². The Morgan fingerprint density at radius 3 is 2.09 bits per heavy atom. The number of pyridine rings is 1. The first-order chi connectivity index (χ1) is 22.2. The average molecular weight is 795 g/mol. The fourth-order valence-corrected chi connectivity index (χ4v) is 6.04. The number of aliphatic hydroxyl groups is 1. The van der Waals surface area contributed by atoms with Gasteiger partial charge < -0.3 is 9.52 Å². The number of allylic oxidation sites excluding steroid dienone is 2. The summed E-state index contributed by atoms with van der Waals surface area (Å²) in [6.45, 7) is 9.56. The van der Waals surface area contributed by atoms with E-state index in [2.05, 4.69) is 106 Å². The van der Waals surface area contributed by atoms with Gasteiger partial charge in [0, 0.05) is 43.6 Å². The number of ketones is 1. The van der Waals surface area contributed by atoms with E-state index < -0.39 is 0 Å². The van der Waals surface area contributed by atoms with Gasteiger partial charge in [0.25, 0.3) is 0 Å². The van der Waals surface area contributed by atoms with Gasteiger partial charge in [0.2, 0.25) is 0 Å². The molecule has 0 amide bonds. The molecular weight excluding hydrogens is 759 g/mol. The van der Waals surface area contributed by atoms with Gasteiger partial charge in [0.05, 0.1) is 17.1 Å². The number of benzene rings is 5. The Morgan fingerprint density at radius 2 is 1.47 bits per heavy atom. The van der Waals surface area contributed by atoms with Crippen LogP contribution >= 0.6 is 0 Å². The van der Waals surface area contributed by atoms with E-state index in [9.17, 15) is 4.79 Å². The molecule has 1 radical (unpaired) electrons. The molecular formula is C42H36IrNO3-. The van der Waals surface area contributed by atoms with Gasteiger partial charge in [-0.3, -0.25) is 9.78 Å². The van der Waals surface area contributed by atoms with Crippen LogP contribution in [0, 0.1) is 13.0 Å². The van der Waals surface area contributed by atoms with Crippen LogP contribution in [0.4, 0.5) is 0 Å². The Labute approximate surface area is 289 Å². The van der Waals surface area contributed by atoms with E-state index in [-0.39, 0.29) is 31.6 Å². The van der Waals surface area contributed by atoms with Gasteiger partial charge >= 0.3 is 0 Å². The maximum Gasteiger partial charge on any atom is 0.155 e. The topological polar surface area (TPSA) is 63.3 Å². The van der Waals surface area contributed by atoms with Crippen LogP contribution < -0.4 is 0 Å². The number of furan rings is 1. The van der Waals surface area contributed by atoms with Gasteiger partial charge in [-0.15, -0.1) is 12.1 Å². The molecule has 7 rings (SSSR count). The Balaban J connectivity index is 0.000000491. The van der Waals surface area contributed by atoms with Crippen LogP contribution in [0.1, 0.15) is 44.7 Å². The van der Waals surface area contributed by atoms with Crippen molar-refractivity contribution in [3.05, 3.63) is 138 Å². The fourth-order valence-electron chi connectivity index (χ4n) is 6.04. The molecule has 0 unspecified atom stereocenters. The first-order valence-corrected chi connectivity index (χ1v) is 15.5. The zero-order valence-corrected chi connectivity index (χ0v) is 29.5. The molecule has 0 atom stereocenters. The minimum absolute atomic E-state index is 0. The SMILES string of the molecule is CC(=O)/C=C(/C)O.Cc1cc(C(C)C)c2ccc3c(-c4[c-]c5cc(-c6ccccc6)oc5c(-c5ccccc5)c4)nccc3c2c1.[Ir]. The van der Waals surface area contributed by atoms with E-state index in [1.807, 2.05) is 30.5 Å². The smallest absolute Gasteiger partial charge is 0.155 e. The van der Waals surface area contributed by atoms with Crippen molar-refractivity contribution < 1.29 is 34.4 Å². The van der Waals surface area contributed by atoms with Crippen molar-refractivity contribution in [2.45, 2.75) is 40.5 Å². The van der Waals surface area contributed by atoms with E-state index in [0.717, 1.165) is 50.1 Å². The van der Waals surface area contributed by atoms with Gasteiger partial charge in [-0.2, -0.15) is 0 Å². The summed E-state index contributed by atoms with van der Waals surface area (Å²) in [6, 6.07) is 39.9. The monoisotopic (exact) mass is 795 g/mol. The predicted octanol–water partition coefficient (Wildman–Crippen LogP) is 11.4. The molecule has 2 heterocycles. The molecule has 237 valence electrons. The Morgan fingerprint density at radius 1 is 0.809 bits per heavy atom. The summed E-state index contributed by atoms with van der Waals surface area (Å²) in [4.78, 5) is 14.9. The first-order valence-electron chi connectivity index (χ1n) is 15.5. The second-order valence-electron chi connectivity index (χ2n) is 12.0. The summed E-state index contributed by atoms with van der Waals surface area (Å²) in [5.74, 6) is 1.23. The first kappa shape index (κ1) is 33.5. The zero-order valence-electron chi connectivity index (χ0n) is 27.1. The van der Waals surface area contributed by atoms with Crippen LogP contribution in [0.25, 0.3) is 66.2 Å². The minimum Gasteiger partial charge on any atom is -0.512 e. The van der Waals surface area contributed by atoms with Gasteiger partial charge in [0.15, 0.2) is 5.78 Å². The molecule has 0 aliphatic carbocycles. The van der Waals surface area contributed by atoms with E-state index in [4.69, 9.17) is 14.5 Å². The van der Waals surface area contributed by atoms with Crippen molar-refractivity contribution in [2.75, 3.05) is 0 Å². The number of aliphatic hydroxyl groups excluding tert-OH is 1. The average Bonchev–Trinajstić information content (AvgIpc) is 3.48. The van der Waals surface area contributed by atoms with Gasteiger partial charge in [-0.1, -0.05) is 121 Å². The standard InChI is InChI=1S/C37H28NO.C5H8O2.Ir/c1-23(2)32-18-24(3)19-34-29(32)14-15-31-30(34)16-17-38-36(31)27-20-28-22-35(26-12-8-5-9-13-26)39-37(28)33(21-27)25-10-6-4-7-11-25;1-4(6)3-5(2)7;/h4-19,21-23H,1-3H3;3,6H,1-2H3;/q-1;;/b;4-3-;. The van der Waals surface area contributed by atoms with Crippen LogP contribution in [-0.2, 0) is 24.9 Å². The Hall–Kier alpha value is -4.83. The summed E-state index contributed by atoms with van der Waals surface area (Å²) >= 11 is 0. The Bertz CT molecular complexity index is 2230. The number of aryl methyl sites for hydroxylation is 1. The minimum atomic E-state index is -0.125. The van der Waals surface area contributed by atoms with Crippen molar-refractivity contribution in [2.24, 2.45) is 0 Å². The van der Waals surface area contributed by atoms with E-state index in [1.165, 1.54) is 47.2 Å². The summed E-state index contributed by atoms with van der Waals surface area (Å²) in [5.41, 5.74) is 8.60. The summed E-state index contributed by atoms with van der Waals surface area (Å²) in [5, 5.41) is 14.2. The number of rotatable bonds is 5. The van der Waals surface area contributed by atoms with E-state index >= 15 is 0 Å². The molecule has 4 nitrogen and oxygen atoms in total. The van der Waals surface area contributed by atoms with Gasteiger partial charge in [-0.25, -0.2) is 0 Å². The van der Waals surface area contributed by atoms with Crippen LogP contribution in [0.5, 0.6) is 0 Å². The second kappa shape index (κ2) is 14.3. The number of carbonyl (C=O) groups excluding carboxylic acids is 1. The third kappa shape index (κ3) is 7.12. The third-order valence-corrected chi connectivity index (χ3v) is 8.02. The van der Waals surface area contributed by atoms with Gasteiger partial charge in [0.1, 0.15) is 0 Å². The second-order valence-corrected chi connectivity index (χ2v) is 12.0. The molecule has 0 aliphatic heterocycles. The van der Waals surface area contributed by atoms with Crippen molar-refractivity contribution in [1.29, 1.82) is 0 Å². The van der Waals surface area contributed by atoms with Crippen LogP contribution in [0.3, 0.4) is 0 Å². The molecule has 5 aromatic carbocycles. The molecule has 0 bridgehead atoms. The van der Waals surface area contributed by atoms with Crippen LogP contribution in [-0.4, -0.2) is 15.9 Å². The zero-order chi connectivity index (χ0) is 32.4. The fraction of sp³-hybridized carbons (Fsp3) is 0.143. The van der Waals surface area contributed by atoms with E-state index in [1.54, 1.807) is 0 Å². The predicted molar refractivity (Wildman–Crippen MR) is 190 cm³/mol. The molecule has 0 saturated heterocycles. The van der Waals surface area contributed by atoms with Crippen molar-refractivity contribution in [3.8, 4) is 33.7 Å².